The lowest BCUT2D eigenvalue weighted by atomic mass is 9.95. The molecule has 1 heterocycles. The molecule has 0 bridgehead atoms. The van der Waals surface area contributed by atoms with Crippen LogP contribution in [-0.4, -0.2) is 31.7 Å². The number of hydrogen-bond acceptors (Lipinski definition) is 4. The van der Waals surface area contributed by atoms with Crippen LogP contribution in [0.25, 0.3) is 16.8 Å². The molecule has 0 atom stereocenters. The van der Waals surface area contributed by atoms with E-state index < -0.39 is 0 Å². The third-order valence-electron chi connectivity index (χ3n) is 5.98. The second-order valence-electron chi connectivity index (χ2n) is 10.2. The van der Waals surface area contributed by atoms with Gasteiger partial charge in [-0.15, -0.1) is 5.10 Å². The highest BCUT2D eigenvalue weighted by atomic mass is 16.1. The number of carbonyl (C=O) groups is 1. The normalized spacial score (nSPS) is 14.5. The number of amides is 1. The number of carbonyl (C=O) groups excluding carboxylic acids is 1. The van der Waals surface area contributed by atoms with E-state index in [4.69, 9.17) is 0 Å². The molecule has 3 aromatic rings. The molecule has 1 amide bonds. The van der Waals surface area contributed by atoms with Gasteiger partial charge in [0.25, 0.3) is 5.91 Å². The first kappa shape index (κ1) is 21.2. The predicted octanol–water partition coefficient (Wildman–Crippen LogP) is 4.85. The van der Waals surface area contributed by atoms with Gasteiger partial charge in [0.15, 0.2) is 5.82 Å². The molecular formula is C25H31N5O. The number of aromatic nitrogens is 4. The smallest absolute Gasteiger partial charge is 0.251 e. The van der Waals surface area contributed by atoms with Crippen molar-refractivity contribution in [2.75, 3.05) is 0 Å². The van der Waals surface area contributed by atoms with E-state index >= 15 is 0 Å². The Kier molecular flexibility index (Phi) is 5.20. The van der Waals surface area contributed by atoms with Gasteiger partial charge in [-0.3, -0.25) is 4.79 Å². The Balaban J connectivity index is 1.80. The number of hydrogen-bond donors (Lipinski definition) is 1. The minimum atomic E-state index is -0.236. The first-order valence-electron chi connectivity index (χ1n) is 10.9. The third-order valence-corrected chi connectivity index (χ3v) is 5.98. The van der Waals surface area contributed by atoms with Gasteiger partial charge in [-0.2, -0.15) is 4.68 Å². The summed E-state index contributed by atoms with van der Waals surface area (Å²) in [5.41, 5.74) is 4.14. The maximum absolute atomic E-state index is 13.3. The van der Waals surface area contributed by atoms with Crippen molar-refractivity contribution in [3.05, 3.63) is 59.4 Å². The summed E-state index contributed by atoms with van der Waals surface area (Å²) in [5.74, 6) is 1.22. The topological polar surface area (TPSA) is 72.7 Å². The Morgan fingerprint density at radius 2 is 1.68 bits per heavy atom. The third kappa shape index (κ3) is 4.53. The first-order valence-corrected chi connectivity index (χ1v) is 10.9. The number of nitrogens with one attached hydrogen (secondary N) is 1. The molecule has 1 fully saturated rings. The standard InChI is InChI=1S/C25H31N5O/c1-16-7-9-17(10-8-16)18-13-19(22(31)26-25(5,6)20-11-12-20)15-21(14-18)30-23(24(2,3)4)27-28-29-30/h7-10,13-15,20H,11-12H2,1-6H3,(H,26,31). The highest BCUT2D eigenvalue weighted by Gasteiger charge is 2.39. The molecule has 0 radical (unpaired) electrons. The van der Waals surface area contributed by atoms with E-state index in [0.717, 1.165) is 22.6 Å². The minimum absolute atomic E-state index is 0.0718. The van der Waals surface area contributed by atoms with Crippen LogP contribution in [0, 0.1) is 12.8 Å². The summed E-state index contributed by atoms with van der Waals surface area (Å²) >= 11 is 0. The van der Waals surface area contributed by atoms with Crippen LogP contribution >= 0.6 is 0 Å². The van der Waals surface area contributed by atoms with Crippen LogP contribution in [-0.2, 0) is 5.41 Å². The Hall–Kier alpha value is -3.02. The Labute approximate surface area is 184 Å². The summed E-state index contributed by atoms with van der Waals surface area (Å²) in [7, 11) is 0. The van der Waals surface area contributed by atoms with E-state index in [1.807, 2.05) is 18.2 Å². The zero-order chi connectivity index (χ0) is 22.4. The van der Waals surface area contributed by atoms with Gasteiger partial charge < -0.3 is 5.32 Å². The van der Waals surface area contributed by atoms with E-state index in [9.17, 15) is 4.79 Å². The molecule has 1 aliphatic rings. The number of rotatable bonds is 5. The lowest BCUT2D eigenvalue weighted by molar-refractivity contribution is 0.0903. The van der Waals surface area contributed by atoms with Crippen LogP contribution in [0.4, 0.5) is 0 Å². The van der Waals surface area contributed by atoms with Gasteiger partial charge in [-0.05, 0) is 79.3 Å². The fraction of sp³-hybridized carbons (Fsp3) is 0.440. The van der Waals surface area contributed by atoms with E-state index in [1.165, 1.54) is 18.4 Å². The number of nitrogens with zero attached hydrogens (tertiary/aromatic N) is 4. The minimum Gasteiger partial charge on any atom is -0.347 e. The van der Waals surface area contributed by atoms with Crippen LogP contribution < -0.4 is 5.32 Å². The molecular weight excluding hydrogens is 386 g/mol. The van der Waals surface area contributed by atoms with E-state index in [0.29, 0.717) is 11.5 Å². The molecule has 1 saturated carbocycles. The monoisotopic (exact) mass is 417 g/mol. The molecule has 0 saturated heterocycles. The molecule has 4 rings (SSSR count). The van der Waals surface area contributed by atoms with Gasteiger partial charge in [-0.1, -0.05) is 50.6 Å². The zero-order valence-corrected chi connectivity index (χ0v) is 19.2. The van der Waals surface area contributed by atoms with Crippen LogP contribution in [0.2, 0.25) is 0 Å². The summed E-state index contributed by atoms with van der Waals surface area (Å²) in [5, 5.41) is 15.6. The summed E-state index contributed by atoms with van der Waals surface area (Å²) in [6.07, 6.45) is 2.34. The lowest BCUT2D eigenvalue weighted by Gasteiger charge is -2.26. The van der Waals surface area contributed by atoms with E-state index in [-0.39, 0.29) is 16.9 Å². The Morgan fingerprint density at radius 3 is 2.29 bits per heavy atom. The molecule has 6 nitrogen and oxygen atoms in total. The lowest BCUT2D eigenvalue weighted by Crippen LogP contribution is -2.45. The van der Waals surface area contributed by atoms with Gasteiger partial charge in [0, 0.05) is 16.5 Å². The highest BCUT2D eigenvalue weighted by molar-refractivity contribution is 5.96. The number of tetrazole rings is 1. The average molecular weight is 418 g/mol. The first-order chi connectivity index (χ1) is 14.5. The van der Waals surface area contributed by atoms with Crippen molar-refractivity contribution in [1.82, 2.24) is 25.5 Å². The maximum Gasteiger partial charge on any atom is 0.251 e. The van der Waals surface area contributed by atoms with Gasteiger partial charge >= 0.3 is 0 Å². The van der Waals surface area contributed by atoms with Gasteiger partial charge in [-0.25, -0.2) is 0 Å². The molecule has 2 aromatic carbocycles. The number of benzene rings is 2. The fourth-order valence-electron chi connectivity index (χ4n) is 3.88. The van der Waals surface area contributed by atoms with Crippen molar-refractivity contribution in [3.8, 4) is 16.8 Å². The molecule has 0 unspecified atom stereocenters. The fourth-order valence-corrected chi connectivity index (χ4v) is 3.88. The summed E-state index contributed by atoms with van der Waals surface area (Å²) < 4.78 is 1.74. The van der Waals surface area contributed by atoms with Crippen molar-refractivity contribution in [2.45, 2.75) is 65.3 Å². The molecule has 1 aliphatic carbocycles. The van der Waals surface area contributed by atoms with Crippen molar-refractivity contribution in [3.63, 3.8) is 0 Å². The number of aryl methyl sites for hydroxylation is 1. The van der Waals surface area contributed by atoms with E-state index in [1.54, 1.807) is 4.68 Å². The molecule has 6 heteroatoms. The molecule has 0 spiro atoms. The predicted molar refractivity (Wildman–Crippen MR) is 122 cm³/mol. The van der Waals surface area contributed by atoms with Gasteiger partial charge in [0.1, 0.15) is 0 Å². The molecule has 0 aliphatic heterocycles. The van der Waals surface area contributed by atoms with Crippen molar-refractivity contribution >= 4 is 5.91 Å². The van der Waals surface area contributed by atoms with Crippen LogP contribution in [0.15, 0.2) is 42.5 Å². The molecule has 1 aromatic heterocycles. The molecule has 31 heavy (non-hydrogen) atoms. The molecule has 162 valence electrons. The summed E-state index contributed by atoms with van der Waals surface area (Å²) in [6.45, 7) is 12.5. The average Bonchev–Trinajstić information content (AvgIpc) is 3.44. The van der Waals surface area contributed by atoms with Crippen LogP contribution in [0.3, 0.4) is 0 Å². The van der Waals surface area contributed by atoms with Crippen LogP contribution in [0.5, 0.6) is 0 Å². The maximum atomic E-state index is 13.3. The summed E-state index contributed by atoms with van der Waals surface area (Å²) in [6, 6.07) is 14.2. The van der Waals surface area contributed by atoms with Gasteiger partial charge in [0.05, 0.1) is 5.69 Å². The largest absolute Gasteiger partial charge is 0.347 e. The van der Waals surface area contributed by atoms with E-state index in [2.05, 4.69) is 86.7 Å². The van der Waals surface area contributed by atoms with Gasteiger partial charge in [0.2, 0.25) is 0 Å². The van der Waals surface area contributed by atoms with Crippen LogP contribution in [0.1, 0.15) is 69.2 Å². The highest BCUT2D eigenvalue weighted by Crippen LogP contribution is 2.39. The SMILES string of the molecule is Cc1ccc(-c2cc(C(=O)NC(C)(C)C3CC3)cc(-n3nnnc3C(C)(C)C)c2)cc1. The second-order valence-corrected chi connectivity index (χ2v) is 10.2. The zero-order valence-electron chi connectivity index (χ0n) is 19.2. The summed E-state index contributed by atoms with van der Waals surface area (Å²) in [4.78, 5) is 13.3. The Morgan fingerprint density at radius 1 is 1.00 bits per heavy atom. The van der Waals surface area contributed by atoms with Crippen molar-refractivity contribution < 1.29 is 4.79 Å². The second kappa shape index (κ2) is 7.59. The van der Waals surface area contributed by atoms with Crippen molar-refractivity contribution in [1.29, 1.82) is 0 Å². The molecule has 1 N–H and O–H groups in total. The Bertz CT molecular complexity index is 1100. The van der Waals surface area contributed by atoms with Crippen molar-refractivity contribution in [2.24, 2.45) is 5.92 Å². The quantitative estimate of drug-likeness (QED) is 0.644.